The SMILES string of the molecule is NC(=O)c1cccc(CC(Cc2ccccc2)C(c2ccc(OCc3ccccc3)c(OCc3ccccc3)c2)C2(CCO)C=CC=N2)c1. The molecule has 248 valence electrons. The highest BCUT2D eigenvalue weighted by Crippen LogP contribution is 2.47. The van der Waals surface area contributed by atoms with Gasteiger partial charge >= 0.3 is 0 Å². The largest absolute Gasteiger partial charge is 0.485 e. The Balaban J connectivity index is 1.44. The van der Waals surface area contributed by atoms with E-state index < -0.39 is 11.4 Å². The number of allylic oxidation sites excluding steroid dienone is 1. The second-order valence-electron chi connectivity index (χ2n) is 12.6. The first-order valence-corrected chi connectivity index (χ1v) is 16.8. The zero-order chi connectivity index (χ0) is 33.9. The summed E-state index contributed by atoms with van der Waals surface area (Å²) in [6, 6.07) is 44.3. The fraction of sp³-hybridized carbons (Fsp3) is 0.209. The average molecular weight is 651 g/mol. The van der Waals surface area contributed by atoms with Gasteiger partial charge in [-0.3, -0.25) is 9.79 Å². The predicted octanol–water partition coefficient (Wildman–Crippen LogP) is 7.89. The average Bonchev–Trinajstić information content (AvgIpc) is 3.61. The summed E-state index contributed by atoms with van der Waals surface area (Å²) >= 11 is 0. The monoisotopic (exact) mass is 650 g/mol. The third kappa shape index (κ3) is 8.53. The minimum atomic E-state index is -0.696. The summed E-state index contributed by atoms with van der Waals surface area (Å²) in [7, 11) is 0. The van der Waals surface area contributed by atoms with Gasteiger partial charge in [-0.05, 0) is 83.3 Å². The Morgan fingerprint density at radius 2 is 1.29 bits per heavy atom. The van der Waals surface area contributed by atoms with Crippen molar-refractivity contribution in [1.29, 1.82) is 0 Å². The molecule has 6 rings (SSSR count). The van der Waals surface area contributed by atoms with Crippen LogP contribution < -0.4 is 15.2 Å². The van der Waals surface area contributed by atoms with Crippen LogP contribution in [0, 0.1) is 5.92 Å². The van der Waals surface area contributed by atoms with E-state index in [1.54, 1.807) is 6.07 Å². The number of hydrogen-bond acceptors (Lipinski definition) is 5. The molecular formula is C43H42N2O4. The topological polar surface area (TPSA) is 94.1 Å². The lowest BCUT2D eigenvalue weighted by molar-refractivity contribution is 0.1000. The van der Waals surface area contributed by atoms with Crippen LogP contribution in [0.25, 0.3) is 0 Å². The second-order valence-corrected chi connectivity index (χ2v) is 12.6. The van der Waals surface area contributed by atoms with Crippen LogP contribution in [0.3, 0.4) is 0 Å². The van der Waals surface area contributed by atoms with Gasteiger partial charge in [0.15, 0.2) is 11.5 Å². The van der Waals surface area contributed by atoms with E-state index in [9.17, 15) is 9.90 Å². The minimum absolute atomic E-state index is 0.00929. The second kappa shape index (κ2) is 16.1. The number of primary amides is 1. The number of nitrogens with two attached hydrogens (primary N) is 1. The van der Waals surface area contributed by atoms with Crippen molar-refractivity contribution < 1.29 is 19.4 Å². The van der Waals surface area contributed by atoms with E-state index in [0.717, 1.165) is 28.7 Å². The Labute approximate surface area is 288 Å². The molecule has 3 unspecified atom stereocenters. The van der Waals surface area contributed by atoms with Crippen LogP contribution in [-0.4, -0.2) is 29.4 Å². The Morgan fingerprint density at radius 3 is 1.88 bits per heavy atom. The summed E-state index contributed by atoms with van der Waals surface area (Å²) in [5, 5.41) is 10.4. The number of amides is 1. The molecule has 5 aromatic rings. The van der Waals surface area contributed by atoms with Gasteiger partial charge in [-0.15, -0.1) is 0 Å². The van der Waals surface area contributed by atoms with Crippen molar-refractivity contribution in [3.05, 3.63) is 179 Å². The van der Waals surface area contributed by atoms with Crippen LogP contribution in [0.5, 0.6) is 11.5 Å². The zero-order valence-electron chi connectivity index (χ0n) is 27.5. The van der Waals surface area contributed by atoms with Gasteiger partial charge in [0.25, 0.3) is 0 Å². The maximum absolute atomic E-state index is 12.1. The maximum atomic E-state index is 12.1. The molecule has 3 N–H and O–H groups in total. The number of rotatable bonds is 16. The lowest BCUT2D eigenvalue weighted by Gasteiger charge is -2.40. The summed E-state index contributed by atoms with van der Waals surface area (Å²) < 4.78 is 12.9. The van der Waals surface area contributed by atoms with Gasteiger partial charge in [0.2, 0.25) is 5.91 Å². The lowest BCUT2D eigenvalue weighted by Crippen LogP contribution is -2.38. The van der Waals surface area contributed by atoms with E-state index in [1.807, 2.05) is 103 Å². The van der Waals surface area contributed by atoms with Crippen molar-refractivity contribution in [2.24, 2.45) is 16.6 Å². The van der Waals surface area contributed by atoms with Crippen LogP contribution in [0.15, 0.2) is 151 Å². The van der Waals surface area contributed by atoms with Crippen molar-refractivity contribution in [2.75, 3.05) is 6.61 Å². The number of aliphatic imine (C=N–C) groups is 1. The molecule has 1 amide bonds. The molecule has 0 spiro atoms. The number of aliphatic hydroxyl groups is 1. The quantitative estimate of drug-likeness (QED) is 0.114. The number of aliphatic hydroxyl groups excluding tert-OH is 1. The molecule has 1 heterocycles. The fourth-order valence-corrected chi connectivity index (χ4v) is 6.87. The first-order chi connectivity index (χ1) is 24.0. The number of benzene rings is 5. The van der Waals surface area contributed by atoms with E-state index in [0.29, 0.717) is 43.1 Å². The highest BCUT2D eigenvalue weighted by molar-refractivity contribution is 5.92. The van der Waals surface area contributed by atoms with Crippen LogP contribution in [0.2, 0.25) is 0 Å². The molecule has 49 heavy (non-hydrogen) atoms. The third-order valence-electron chi connectivity index (χ3n) is 9.16. The molecule has 0 aromatic heterocycles. The van der Waals surface area contributed by atoms with Crippen molar-refractivity contribution in [2.45, 2.75) is 43.9 Å². The molecular weight excluding hydrogens is 608 g/mol. The molecule has 0 radical (unpaired) electrons. The zero-order valence-corrected chi connectivity index (χ0v) is 27.5. The van der Waals surface area contributed by atoms with Crippen molar-refractivity contribution in [3.8, 4) is 11.5 Å². The van der Waals surface area contributed by atoms with Gasteiger partial charge in [0.05, 0.1) is 5.54 Å². The van der Waals surface area contributed by atoms with Crippen LogP contribution in [0.1, 0.15) is 50.5 Å². The fourth-order valence-electron chi connectivity index (χ4n) is 6.87. The lowest BCUT2D eigenvalue weighted by atomic mass is 9.67. The predicted molar refractivity (Wildman–Crippen MR) is 195 cm³/mol. The van der Waals surface area contributed by atoms with E-state index in [2.05, 4.69) is 42.5 Å². The van der Waals surface area contributed by atoms with Crippen molar-refractivity contribution in [3.63, 3.8) is 0 Å². The van der Waals surface area contributed by atoms with Crippen LogP contribution in [0.4, 0.5) is 0 Å². The number of ether oxygens (including phenoxy) is 2. The van der Waals surface area contributed by atoms with E-state index in [1.165, 1.54) is 5.56 Å². The van der Waals surface area contributed by atoms with Gasteiger partial charge in [-0.25, -0.2) is 0 Å². The molecule has 0 saturated carbocycles. The minimum Gasteiger partial charge on any atom is -0.485 e. The van der Waals surface area contributed by atoms with Gasteiger partial charge in [-0.1, -0.05) is 115 Å². The molecule has 0 fully saturated rings. The third-order valence-corrected chi connectivity index (χ3v) is 9.16. The smallest absolute Gasteiger partial charge is 0.248 e. The summed E-state index contributed by atoms with van der Waals surface area (Å²) in [5.41, 5.74) is 10.8. The van der Waals surface area contributed by atoms with Crippen LogP contribution in [-0.2, 0) is 26.1 Å². The first kappa shape index (κ1) is 33.4. The molecule has 6 heteroatoms. The molecule has 1 aliphatic heterocycles. The number of nitrogens with zero attached hydrogens (tertiary/aromatic N) is 1. The molecule has 0 saturated heterocycles. The summed E-state index contributed by atoms with van der Waals surface area (Å²) in [6.45, 7) is 0.756. The van der Waals surface area contributed by atoms with Gasteiger partial charge < -0.3 is 20.3 Å². The number of carbonyl (C=O) groups is 1. The Bertz CT molecular complexity index is 1860. The van der Waals surface area contributed by atoms with Crippen molar-refractivity contribution >= 4 is 12.1 Å². The molecule has 0 aliphatic carbocycles. The Hall–Kier alpha value is -5.46. The summed E-state index contributed by atoms with van der Waals surface area (Å²) in [5.74, 6) is 0.674. The van der Waals surface area contributed by atoms with Gasteiger partial charge in [0.1, 0.15) is 13.2 Å². The van der Waals surface area contributed by atoms with Gasteiger partial charge in [-0.2, -0.15) is 0 Å². The molecule has 5 aromatic carbocycles. The standard InChI is InChI=1S/C43H42N2O4/c44-42(47)37-19-10-18-35(27-37)28-38(26-32-12-4-1-5-13-32)41(43(23-25-46)22-11-24-45-43)36-20-21-39(48-30-33-14-6-2-7-15-33)40(29-36)49-31-34-16-8-3-9-17-34/h1-22,24,27,29,38,41,46H,23,25-26,28,30-31H2,(H2,44,47). The van der Waals surface area contributed by atoms with Crippen molar-refractivity contribution in [1.82, 2.24) is 0 Å². The van der Waals surface area contributed by atoms with Gasteiger partial charge in [0, 0.05) is 24.3 Å². The van der Waals surface area contributed by atoms with E-state index in [-0.39, 0.29) is 18.4 Å². The first-order valence-electron chi connectivity index (χ1n) is 16.8. The maximum Gasteiger partial charge on any atom is 0.248 e. The molecule has 1 aliphatic rings. The molecule has 3 atom stereocenters. The Kier molecular flexibility index (Phi) is 11.0. The van der Waals surface area contributed by atoms with Crippen LogP contribution >= 0.6 is 0 Å². The Morgan fingerprint density at radius 1 is 0.694 bits per heavy atom. The number of hydrogen-bond donors (Lipinski definition) is 2. The summed E-state index contributed by atoms with van der Waals surface area (Å²) in [6.07, 6.45) is 7.78. The highest BCUT2D eigenvalue weighted by Gasteiger charge is 2.43. The molecule has 6 nitrogen and oxygen atoms in total. The number of carbonyl (C=O) groups excluding carboxylic acids is 1. The van der Waals surface area contributed by atoms with E-state index in [4.69, 9.17) is 20.2 Å². The summed E-state index contributed by atoms with van der Waals surface area (Å²) in [4.78, 5) is 17.2. The molecule has 0 bridgehead atoms. The highest BCUT2D eigenvalue weighted by atomic mass is 16.5. The van der Waals surface area contributed by atoms with E-state index >= 15 is 0 Å². The normalized spacial score (nSPS) is 16.3.